The third kappa shape index (κ3) is 4.14. The molecule has 0 saturated heterocycles. The Morgan fingerprint density at radius 1 is 1.08 bits per heavy atom. The van der Waals surface area contributed by atoms with E-state index in [2.05, 4.69) is 10.6 Å². The zero-order valence-corrected chi connectivity index (χ0v) is 21.6. The van der Waals surface area contributed by atoms with E-state index in [1.807, 2.05) is 26.0 Å². The number of carboxylic acid groups (broad SMARTS) is 1. The summed E-state index contributed by atoms with van der Waals surface area (Å²) < 4.78 is 5.69. The van der Waals surface area contributed by atoms with E-state index in [1.54, 1.807) is 31.2 Å². The molecule has 0 spiro atoms. The van der Waals surface area contributed by atoms with Crippen molar-refractivity contribution in [2.24, 2.45) is 0 Å². The van der Waals surface area contributed by atoms with Crippen molar-refractivity contribution < 1.29 is 19.1 Å². The zero-order chi connectivity index (χ0) is 27.3. The number of hydrogen-bond donors (Lipinski definition) is 3. The van der Waals surface area contributed by atoms with Crippen LogP contribution < -0.4 is 26.4 Å². The summed E-state index contributed by atoms with van der Waals surface area (Å²) in [4.78, 5) is 51.9. The summed E-state index contributed by atoms with van der Waals surface area (Å²) in [7, 11) is 0. The number of carboxylic acids is 1. The highest BCUT2D eigenvalue weighted by molar-refractivity contribution is 6.33. The Hall–Kier alpha value is -4.37. The van der Waals surface area contributed by atoms with Crippen LogP contribution in [0.25, 0.3) is 0 Å². The van der Waals surface area contributed by atoms with Crippen LogP contribution in [-0.4, -0.2) is 17.0 Å². The maximum Gasteiger partial charge on any atom is 0.337 e. The number of amides is 1. The summed E-state index contributed by atoms with van der Waals surface area (Å²) in [5, 5.41) is 16.1. The van der Waals surface area contributed by atoms with Crippen molar-refractivity contribution in [1.29, 1.82) is 0 Å². The highest BCUT2D eigenvalue weighted by atomic mass is 35.5. The molecule has 0 radical (unpaired) electrons. The van der Waals surface area contributed by atoms with E-state index in [-0.39, 0.29) is 40.8 Å². The van der Waals surface area contributed by atoms with Crippen LogP contribution in [-0.2, 0) is 6.54 Å². The molecular formula is C28H24ClN3O6. The third-order valence-corrected chi connectivity index (χ3v) is 7.06. The topological polar surface area (TPSA) is 129 Å². The number of nitrogens with one attached hydrogen (secondary N) is 2. The molecule has 1 aliphatic rings. The minimum atomic E-state index is -1.16. The lowest BCUT2D eigenvalue weighted by molar-refractivity contribution is 0.0697. The van der Waals surface area contributed by atoms with Gasteiger partial charge >= 0.3 is 5.97 Å². The highest BCUT2D eigenvalue weighted by Gasteiger charge is 2.36. The number of fused-ring (bicyclic) bond motifs is 1. The predicted molar refractivity (Wildman–Crippen MR) is 145 cm³/mol. The first kappa shape index (κ1) is 25.3. The van der Waals surface area contributed by atoms with Gasteiger partial charge < -0.3 is 25.1 Å². The maximum atomic E-state index is 13.6. The number of anilines is 4. The van der Waals surface area contributed by atoms with Gasteiger partial charge in [0.05, 0.1) is 35.1 Å². The number of rotatable bonds is 8. The maximum absolute atomic E-state index is 13.6. The second-order valence-electron chi connectivity index (χ2n) is 9.25. The van der Waals surface area contributed by atoms with Gasteiger partial charge in [0.15, 0.2) is 0 Å². The van der Waals surface area contributed by atoms with Gasteiger partial charge in [-0.2, -0.15) is 0 Å². The van der Waals surface area contributed by atoms with Crippen molar-refractivity contribution in [2.75, 3.05) is 15.5 Å². The first-order chi connectivity index (χ1) is 18.1. The van der Waals surface area contributed by atoms with E-state index < -0.39 is 22.7 Å². The molecule has 0 fully saturated rings. The molecule has 194 valence electrons. The molecule has 1 amide bonds. The molecule has 3 aromatic carbocycles. The van der Waals surface area contributed by atoms with E-state index in [9.17, 15) is 24.3 Å². The Kier molecular flexibility index (Phi) is 6.32. The van der Waals surface area contributed by atoms with Crippen LogP contribution in [0.15, 0.2) is 56.5 Å². The molecule has 10 heteroatoms. The molecule has 0 aliphatic carbocycles. The Labute approximate surface area is 222 Å². The number of nitrogens with zero attached hydrogens (tertiary/aromatic N) is 1. The van der Waals surface area contributed by atoms with Gasteiger partial charge in [-0.25, -0.2) is 4.79 Å². The molecule has 3 N–H and O–H groups in total. The Morgan fingerprint density at radius 2 is 1.82 bits per heavy atom. The molecule has 2 heterocycles. The molecule has 1 aromatic heterocycles. The molecule has 9 nitrogen and oxygen atoms in total. The van der Waals surface area contributed by atoms with Gasteiger partial charge in [-0.15, -0.1) is 0 Å². The molecule has 4 aromatic rings. The normalized spacial score (nSPS) is 13.6. The number of furan rings is 1. The van der Waals surface area contributed by atoms with E-state index in [0.717, 1.165) is 11.3 Å². The van der Waals surface area contributed by atoms with E-state index in [4.69, 9.17) is 16.0 Å². The van der Waals surface area contributed by atoms with E-state index in [1.165, 1.54) is 11.0 Å². The monoisotopic (exact) mass is 533 g/mol. The number of hydrogen-bond acceptors (Lipinski definition) is 7. The van der Waals surface area contributed by atoms with Crippen molar-refractivity contribution in [3.63, 3.8) is 0 Å². The molecule has 0 saturated carbocycles. The van der Waals surface area contributed by atoms with E-state index >= 15 is 0 Å². The van der Waals surface area contributed by atoms with Gasteiger partial charge in [-0.05, 0) is 62.2 Å². The van der Waals surface area contributed by atoms with Crippen molar-refractivity contribution in [1.82, 2.24) is 0 Å². The predicted octanol–water partition coefficient (Wildman–Crippen LogP) is 5.31. The van der Waals surface area contributed by atoms with Crippen molar-refractivity contribution >= 4 is 46.2 Å². The van der Waals surface area contributed by atoms with Gasteiger partial charge in [0.2, 0.25) is 0 Å². The Bertz CT molecular complexity index is 1680. The number of carbonyl (C=O) groups is 2. The largest absolute Gasteiger partial charge is 0.478 e. The molecule has 0 bridgehead atoms. The lowest BCUT2D eigenvalue weighted by atomic mass is 10.1. The second-order valence-corrected chi connectivity index (χ2v) is 9.66. The van der Waals surface area contributed by atoms with Crippen LogP contribution in [0.1, 0.15) is 62.7 Å². The quantitative estimate of drug-likeness (QED) is 0.260. The summed E-state index contributed by atoms with van der Waals surface area (Å²) >= 11 is 6.44. The fourth-order valence-electron chi connectivity index (χ4n) is 4.70. The number of halogens is 1. The zero-order valence-electron chi connectivity index (χ0n) is 20.8. The standard InChI is InChI=1S/C28H24ClN3O6/c1-4-18(21-10-6-14(3)38-21)30-23-24(26(34)25(23)33)31-19-9-8-17(29)16-12-32(27(35)22(16)19)20-11-13(2)5-7-15(20)28(36)37/h5-11,18,30-31H,4,12H2,1-3H3,(H,36,37)/t18-/m1/s1. The van der Waals surface area contributed by atoms with Crippen LogP contribution in [0.2, 0.25) is 5.02 Å². The molecule has 5 rings (SSSR count). The highest BCUT2D eigenvalue weighted by Crippen LogP contribution is 2.40. The van der Waals surface area contributed by atoms with Crippen LogP contribution in [0.5, 0.6) is 0 Å². The first-order valence-electron chi connectivity index (χ1n) is 12.0. The summed E-state index contributed by atoms with van der Waals surface area (Å²) in [6, 6.07) is 11.2. The summed E-state index contributed by atoms with van der Waals surface area (Å²) in [6.07, 6.45) is 0.595. The minimum Gasteiger partial charge on any atom is -0.478 e. The van der Waals surface area contributed by atoms with Gasteiger partial charge in [-0.1, -0.05) is 24.6 Å². The van der Waals surface area contributed by atoms with Gasteiger partial charge in [0.25, 0.3) is 16.8 Å². The Morgan fingerprint density at radius 3 is 2.47 bits per heavy atom. The summed E-state index contributed by atoms with van der Waals surface area (Å²) in [5.74, 6) is -0.272. The third-order valence-electron chi connectivity index (χ3n) is 6.71. The molecule has 0 unspecified atom stereocenters. The van der Waals surface area contributed by atoms with Crippen molar-refractivity contribution in [2.45, 2.75) is 39.8 Å². The number of benzene rings is 2. The second kappa shape index (κ2) is 9.50. The number of aryl methyl sites for hydroxylation is 2. The van der Waals surface area contributed by atoms with E-state index in [0.29, 0.717) is 28.5 Å². The van der Waals surface area contributed by atoms with Crippen molar-refractivity contribution in [3.8, 4) is 0 Å². The van der Waals surface area contributed by atoms with Gasteiger partial charge in [0, 0.05) is 10.6 Å². The van der Waals surface area contributed by atoms with Crippen molar-refractivity contribution in [3.05, 3.63) is 102 Å². The number of carbonyl (C=O) groups excluding carboxylic acids is 1. The van der Waals surface area contributed by atoms with Gasteiger partial charge in [0.1, 0.15) is 22.9 Å². The first-order valence-corrected chi connectivity index (χ1v) is 12.4. The van der Waals surface area contributed by atoms with Crippen LogP contribution in [0.3, 0.4) is 0 Å². The summed E-state index contributed by atoms with van der Waals surface area (Å²) in [5.41, 5.74) is 0.769. The van der Waals surface area contributed by atoms with Crippen LogP contribution >= 0.6 is 11.6 Å². The molecule has 38 heavy (non-hydrogen) atoms. The molecule has 1 atom stereocenters. The number of aromatic carboxylic acids is 1. The van der Waals surface area contributed by atoms with Crippen LogP contribution in [0, 0.1) is 13.8 Å². The SMILES string of the molecule is CC[C@@H](Nc1c(Nc2ccc(Cl)c3c2C(=O)N(c2cc(C)ccc2C(=O)O)C3)c(=O)c1=O)c1ccc(C)o1. The lowest BCUT2D eigenvalue weighted by Crippen LogP contribution is -2.37. The summed E-state index contributed by atoms with van der Waals surface area (Å²) in [6.45, 7) is 5.60. The fraction of sp³-hybridized carbons (Fsp3) is 0.214. The lowest BCUT2D eigenvalue weighted by Gasteiger charge is -2.21. The van der Waals surface area contributed by atoms with Gasteiger partial charge in [-0.3, -0.25) is 14.4 Å². The average Bonchev–Trinajstić information content (AvgIpc) is 3.48. The fourth-order valence-corrected chi connectivity index (χ4v) is 4.92. The minimum absolute atomic E-state index is 0.0184. The van der Waals surface area contributed by atoms with Crippen LogP contribution in [0.4, 0.5) is 22.7 Å². The Balaban J connectivity index is 1.50. The molecular weight excluding hydrogens is 510 g/mol. The molecule has 1 aliphatic heterocycles. The smallest absolute Gasteiger partial charge is 0.337 e. The average molecular weight is 534 g/mol.